The number of allylic oxidation sites excluding steroid dienone is 1. The first-order valence-electron chi connectivity index (χ1n) is 12.4. The number of amidine groups is 1. The molecule has 0 aliphatic carbocycles. The maximum Gasteiger partial charge on any atom is 0.136 e. The van der Waals surface area contributed by atoms with Crippen LogP contribution in [0.4, 0.5) is 0 Å². The molecule has 9 nitrogen and oxygen atoms in total. The third kappa shape index (κ3) is 4.89. The predicted octanol–water partition coefficient (Wildman–Crippen LogP) is 2.22. The van der Waals surface area contributed by atoms with Gasteiger partial charge < -0.3 is 19.6 Å². The van der Waals surface area contributed by atoms with E-state index in [2.05, 4.69) is 57.9 Å². The number of hydrogen-bond donors (Lipinski definition) is 1. The van der Waals surface area contributed by atoms with Gasteiger partial charge in [0.05, 0.1) is 54.3 Å². The molecule has 1 fully saturated rings. The van der Waals surface area contributed by atoms with Gasteiger partial charge in [0.2, 0.25) is 0 Å². The number of aromatic nitrogens is 3. The Morgan fingerprint density at radius 2 is 2.03 bits per heavy atom. The smallest absolute Gasteiger partial charge is 0.136 e. The standard InChI is InChI=1S/C26H35N7O2/c1-18-13-22(31-8-7-30(20(3)16-31)9-11-35-12-10-34)17-32-6-5-23(28-26(18)32)24-14-25-21(4)27-19(2)15-33(25)29-24/h5,13-15,17,20,34H,6-12,16H2,1-4H3/t20-/m1/s1. The number of nitrogens with zero attached hydrogens (tertiary/aromatic N) is 7. The van der Waals surface area contributed by atoms with E-state index in [0.29, 0.717) is 19.3 Å². The second kappa shape index (κ2) is 9.93. The summed E-state index contributed by atoms with van der Waals surface area (Å²) in [5, 5.41) is 13.7. The summed E-state index contributed by atoms with van der Waals surface area (Å²) >= 11 is 0. The van der Waals surface area contributed by atoms with E-state index >= 15 is 0 Å². The van der Waals surface area contributed by atoms with E-state index in [4.69, 9.17) is 19.9 Å². The van der Waals surface area contributed by atoms with E-state index in [-0.39, 0.29) is 6.61 Å². The van der Waals surface area contributed by atoms with Crippen LogP contribution < -0.4 is 0 Å². The number of piperazine rings is 1. The van der Waals surface area contributed by atoms with Crippen LogP contribution in [0, 0.1) is 13.8 Å². The average molecular weight is 478 g/mol. The minimum absolute atomic E-state index is 0.0808. The third-order valence-corrected chi connectivity index (χ3v) is 6.90. The van der Waals surface area contributed by atoms with Crippen molar-refractivity contribution in [1.29, 1.82) is 0 Å². The molecule has 9 heteroatoms. The molecule has 2 aromatic heterocycles. The molecule has 0 radical (unpaired) electrons. The van der Waals surface area contributed by atoms with Crippen molar-refractivity contribution < 1.29 is 9.84 Å². The van der Waals surface area contributed by atoms with Gasteiger partial charge in [0.1, 0.15) is 11.5 Å². The molecule has 0 bridgehead atoms. The van der Waals surface area contributed by atoms with Gasteiger partial charge in [-0.15, -0.1) is 0 Å². The van der Waals surface area contributed by atoms with E-state index in [9.17, 15) is 0 Å². The van der Waals surface area contributed by atoms with Crippen molar-refractivity contribution in [2.45, 2.75) is 33.7 Å². The minimum atomic E-state index is 0.0808. The number of aliphatic hydroxyl groups excluding tert-OH is 1. The normalized spacial score (nSPS) is 21.0. The van der Waals surface area contributed by atoms with Crippen LogP contribution in [0.15, 0.2) is 46.9 Å². The average Bonchev–Trinajstić information content (AvgIpc) is 3.27. The molecule has 0 amide bonds. The van der Waals surface area contributed by atoms with Gasteiger partial charge in [-0.2, -0.15) is 5.10 Å². The zero-order valence-electron chi connectivity index (χ0n) is 21.1. The van der Waals surface area contributed by atoms with Crippen LogP contribution in [0.1, 0.15) is 30.9 Å². The summed E-state index contributed by atoms with van der Waals surface area (Å²) in [7, 11) is 0. The molecule has 0 unspecified atom stereocenters. The summed E-state index contributed by atoms with van der Waals surface area (Å²) in [6.07, 6.45) is 8.60. The van der Waals surface area contributed by atoms with Crippen LogP contribution in [0.25, 0.3) is 11.2 Å². The largest absolute Gasteiger partial charge is 0.394 e. The summed E-state index contributed by atoms with van der Waals surface area (Å²) in [6, 6.07) is 2.52. The number of fused-ring (bicyclic) bond motifs is 2. The highest BCUT2D eigenvalue weighted by Crippen LogP contribution is 2.28. The monoisotopic (exact) mass is 477 g/mol. The Hall–Kier alpha value is -3.01. The van der Waals surface area contributed by atoms with Gasteiger partial charge >= 0.3 is 0 Å². The zero-order chi connectivity index (χ0) is 24.5. The molecule has 5 rings (SSSR count). The van der Waals surface area contributed by atoms with Crippen molar-refractivity contribution in [2.75, 3.05) is 52.5 Å². The van der Waals surface area contributed by atoms with Crippen LogP contribution in [-0.2, 0) is 4.74 Å². The molecule has 0 spiro atoms. The number of rotatable bonds is 7. The van der Waals surface area contributed by atoms with Gasteiger partial charge in [-0.3, -0.25) is 9.88 Å². The molecule has 2 aromatic rings. The first-order chi connectivity index (χ1) is 16.9. The highest BCUT2D eigenvalue weighted by atomic mass is 16.5. The Kier molecular flexibility index (Phi) is 6.73. The zero-order valence-corrected chi connectivity index (χ0v) is 21.1. The SMILES string of the molecule is CC1=CC(N2CCN(CCOCCO)[C@H](C)C2)=CN2CC=C(c3cc4c(C)nc(C)cn4n3)N=C12. The fourth-order valence-corrected chi connectivity index (χ4v) is 5.07. The van der Waals surface area contributed by atoms with Crippen molar-refractivity contribution in [3.8, 4) is 0 Å². The summed E-state index contributed by atoms with van der Waals surface area (Å²) in [6.45, 7) is 14.2. The van der Waals surface area contributed by atoms with E-state index in [1.54, 1.807) is 0 Å². The molecule has 35 heavy (non-hydrogen) atoms. The maximum absolute atomic E-state index is 8.88. The Bertz CT molecular complexity index is 1230. The molecule has 1 saturated heterocycles. The molecule has 5 heterocycles. The molecule has 0 aromatic carbocycles. The Labute approximate surface area is 206 Å². The molecule has 0 saturated carbocycles. The second-order valence-corrected chi connectivity index (χ2v) is 9.55. The molecular formula is C26H35N7O2. The Morgan fingerprint density at radius 1 is 1.17 bits per heavy atom. The van der Waals surface area contributed by atoms with Crippen LogP contribution >= 0.6 is 0 Å². The van der Waals surface area contributed by atoms with E-state index in [1.165, 1.54) is 5.70 Å². The highest BCUT2D eigenvalue weighted by molar-refractivity contribution is 6.04. The van der Waals surface area contributed by atoms with Crippen molar-refractivity contribution >= 4 is 17.0 Å². The molecule has 186 valence electrons. The lowest BCUT2D eigenvalue weighted by molar-refractivity contribution is 0.0438. The fourth-order valence-electron chi connectivity index (χ4n) is 5.07. The van der Waals surface area contributed by atoms with Crippen LogP contribution in [-0.4, -0.2) is 98.8 Å². The van der Waals surface area contributed by atoms with Crippen molar-refractivity contribution in [2.24, 2.45) is 4.99 Å². The Balaban J connectivity index is 1.28. The van der Waals surface area contributed by atoms with Gasteiger partial charge in [0.25, 0.3) is 0 Å². The quantitative estimate of drug-likeness (QED) is 0.613. The number of hydrogen-bond acceptors (Lipinski definition) is 8. The molecule has 1 N–H and O–H groups in total. The molecular weight excluding hydrogens is 442 g/mol. The predicted molar refractivity (Wildman–Crippen MR) is 137 cm³/mol. The number of ether oxygens (including phenoxy) is 1. The summed E-state index contributed by atoms with van der Waals surface area (Å²) in [5.41, 5.74) is 7.14. The number of aliphatic hydroxyl groups is 1. The topological polar surface area (TPSA) is 81.7 Å². The number of aryl methyl sites for hydroxylation is 2. The van der Waals surface area contributed by atoms with E-state index in [0.717, 1.165) is 72.4 Å². The van der Waals surface area contributed by atoms with Crippen molar-refractivity contribution in [3.05, 3.63) is 59.0 Å². The van der Waals surface area contributed by atoms with Crippen molar-refractivity contribution in [3.63, 3.8) is 0 Å². The van der Waals surface area contributed by atoms with E-state index in [1.807, 2.05) is 24.6 Å². The summed E-state index contributed by atoms with van der Waals surface area (Å²) in [5.74, 6) is 0.988. The fraction of sp³-hybridized carbons (Fsp3) is 0.500. The summed E-state index contributed by atoms with van der Waals surface area (Å²) < 4.78 is 7.36. The Morgan fingerprint density at radius 3 is 2.83 bits per heavy atom. The lowest BCUT2D eigenvalue weighted by atomic mass is 10.1. The summed E-state index contributed by atoms with van der Waals surface area (Å²) in [4.78, 5) is 16.7. The molecule has 3 aliphatic rings. The minimum Gasteiger partial charge on any atom is -0.394 e. The second-order valence-electron chi connectivity index (χ2n) is 9.55. The van der Waals surface area contributed by atoms with Crippen LogP contribution in [0.3, 0.4) is 0 Å². The lowest BCUT2D eigenvalue weighted by Crippen LogP contribution is -2.52. The third-order valence-electron chi connectivity index (χ3n) is 6.90. The van der Waals surface area contributed by atoms with Crippen LogP contribution in [0.2, 0.25) is 0 Å². The molecule has 3 aliphatic heterocycles. The first kappa shape index (κ1) is 23.7. The van der Waals surface area contributed by atoms with E-state index < -0.39 is 0 Å². The number of aliphatic imine (C=N–C) groups is 1. The lowest BCUT2D eigenvalue weighted by Gasteiger charge is -2.43. The van der Waals surface area contributed by atoms with Gasteiger partial charge in [0, 0.05) is 45.0 Å². The first-order valence-corrected chi connectivity index (χ1v) is 12.4. The van der Waals surface area contributed by atoms with Gasteiger partial charge in [0.15, 0.2) is 0 Å². The van der Waals surface area contributed by atoms with Gasteiger partial charge in [-0.05, 0) is 51.5 Å². The van der Waals surface area contributed by atoms with Crippen molar-refractivity contribution in [1.82, 2.24) is 29.3 Å². The van der Waals surface area contributed by atoms with Crippen LogP contribution in [0.5, 0.6) is 0 Å². The van der Waals surface area contributed by atoms with Gasteiger partial charge in [-0.1, -0.05) is 0 Å². The highest BCUT2D eigenvalue weighted by Gasteiger charge is 2.28. The van der Waals surface area contributed by atoms with Gasteiger partial charge in [-0.25, -0.2) is 9.51 Å². The maximum atomic E-state index is 8.88. The molecule has 1 atom stereocenters.